The van der Waals surface area contributed by atoms with E-state index in [4.69, 9.17) is 21.1 Å². The number of amides is 3. The minimum atomic E-state index is -1.62. The molecule has 0 radical (unpaired) electrons. The number of rotatable bonds is 13. The lowest BCUT2D eigenvalue weighted by molar-refractivity contribution is -0.144. The SMILES string of the molecule is CCC(C)C(NC(=O)C(C)N)C(=O)NC(CCC(=O)O)C(=O)NC(CO)C(=O)O. The first-order valence-corrected chi connectivity index (χ1v) is 9.16. The molecule has 0 aliphatic carbocycles. The molecule has 8 N–H and O–H groups in total. The Morgan fingerprint density at radius 1 is 0.897 bits per heavy atom. The van der Waals surface area contributed by atoms with Crippen molar-refractivity contribution in [2.24, 2.45) is 11.7 Å². The van der Waals surface area contributed by atoms with Crippen LogP contribution in [0.5, 0.6) is 0 Å². The van der Waals surface area contributed by atoms with E-state index in [2.05, 4.69) is 10.6 Å². The lowest BCUT2D eigenvalue weighted by Crippen LogP contribution is -2.58. The van der Waals surface area contributed by atoms with Crippen molar-refractivity contribution in [3.8, 4) is 0 Å². The summed E-state index contributed by atoms with van der Waals surface area (Å²) in [6.45, 7) is 4.03. The van der Waals surface area contributed by atoms with Crippen LogP contribution < -0.4 is 21.7 Å². The van der Waals surface area contributed by atoms with Crippen LogP contribution in [0.25, 0.3) is 0 Å². The quantitative estimate of drug-likeness (QED) is 0.172. The molecule has 0 aromatic rings. The molecule has 0 bridgehead atoms. The molecule has 5 atom stereocenters. The molecule has 0 saturated carbocycles. The topological polar surface area (TPSA) is 208 Å². The van der Waals surface area contributed by atoms with Gasteiger partial charge < -0.3 is 37.0 Å². The van der Waals surface area contributed by atoms with Crippen molar-refractivity contribution in [3.05, 3.63) is 0 Å². The predicted molar refractivity (Wildman–Crippen MR) is 100 cm³/mol. The van der Waals surface area contributed by atoms with Crippen molar-refractivity contribution in [2.45, 2.75) is 64.2 Å². The molecule has 166 valence electrons. The van der Waals surface area contributed by atoms with Crippen molar-refractivity contribution < 1.29 is 39.3 Å². The molecule has 0 spiro atoms. The Morgan fingerprint density at radius 3 is 1.86 bits per heavy atom. The molecule has 0 aromatic carbocycles. The standard InChI is InChI=1S/C17H30N4O8/c1-4-8(2)13(21-14(25)9(3)18)16(27)19-10(5-6-12(23)24)15(26)20-11(7-22)17(28)29/h8-11,13,22H,4-7,18H2,1-3H3,(H,19,27)(H,20,26)(H,21,25)(H,23,24)(H,28,29). The summed E-state index contributed by atoms with van der Waals surface area (Å²) in [6, 6.07) is -4.91. The number of nitrogens with two attached hydrogens (primary N) is 1. The molecule has 0 fully saturated rings. The van der Waals surface area contributed by atoms with E-state index in [1.54, 1.807) is 13.8 Å². The zero-order valence-corrected chi connectivity index (χ0v) is 16.7. The Morgan fingerprint density at radius 2 is 1.45 bits per heavy atom. The molecule has 12 nitrogen and oxygen atoms in total. The van der Waals surface area contributed by atoms with Gasteiger partial charge in [0, 0.05) is 6.42 Å². The third kappa shape index (κ3) is 9.34. The lowest BCUT2D eigenvalue weighted by Gasteiger charge is -2.27. The second kappa shape index (κ2) is 12.7. The van der Waals surface area contributed by atoms with E-state index in [0.29, 0.717) is 6.42 Å². The first-order valence-electron chi connectivity index (χ1n) is 9.16. The fourth-order valence-corrected chi connectivity index (χ4v) is 2.24. The van der Waals surface area contributed by atoms with Crippen LogP contribution in [-0.2, 0) is 24.0 Å². The largest absolute Gasteiger partial charge is 0.481 e. The summed E-state index contributed by atoms with van der Waals surface area (Å²) in [6.07, 6.45) is -0.288. The van der Waals surface area contributed by atoms with Gasteiger partial charge in [0.15, 0.2) is 0 Å². The molecule has 3 amide bonds. The number of aliphatic carboxylic acids is 2. The highest BCUT2D eigenvalue weighted by atomic mass is 16.4. The number of carbonyl (C=O) groups is 5. The highest BCUT2D eigenvalue weighted by Gasteiger charge is 2.32. The number of carbonyl (C=O) groups excluding carboxylic acids is 3. The molecule has 0 saturated heterocycles. The summed E-state index contributed by atoms with van der Waals surface area (Å²) in [5, 5.41) is 33.7. The van der Waals surface area contributed by atoms with Gasteiger partial charge in [0.05, 0.1) is 12.6 Å². The Bertz CT molecular complexity index is 610. The maximum Gasteiger partial charge on any atom is 0.328 e. The third-order valence-electron chi connectivity index (χ3n) is 4.28. The second-order valence-electron chi connectivity index (χ2n) is 6.74. The summed E-state index contributed by atoms with van der Waals surface area (Å²) in [7, 11) is 0. The van der Waals surface area contributed by atoms with Crippen molar-refractivity contribution >= 4 is 29.7 Å². The summed E-state index contributed by atoms with van der Waals surface area (Å²) in [4.78, 5) is 58.8. The number of aliphatic hydroxyl groups excluding tert-OH is 1. The van der Waals surface area contributed by atoms with Crippen molar-refractivity contribution in [3.63, 3.8) is 0 Å². The minimum absolute atomic E-state index is 0.320. The molecule has 0 aliphatic heterocycles. The molecular weight excluding hydrogens is 388 g/mol. The second-order valence-corrected chi connectivity index (χ2v) is 6.74. The van der Waals surface area contributed by atoms with Crippen molar-refractivity contribution in [2.75, 3.05) is 6.61 Å². The molecular formula is C17H30N4O8. The van der Waals surface area contributed by atoms with Crippen LogP contribution in [0.1, 0.15) is 40.0 Å². The van der Waals surface area contributed by atoms with Gasteiger partial charge in [-0.1, -0.05) is 20.3 Å². The first kappa shape index (κ1) is 26.3. The fraction of sp³-hybridized carbons (Fsp3) is 0.706. The van der Waals surface area contributed by atoms with Crippen LogP contribution in [0.3, 0.4) is 0 Å². The Balaban J connectivity index is 5.45. The van der Waals surface area contributed by atoms with E-state index in [0.717, 1.165) is 0 Å². The van der Waals surface area contributed by atoms with Crippen LogP contribution in [0.4, 0.5) is 0 Å². The summed E-state index contributed by atoms with van der Waals surface area (Å²) in [5.41, 5.74) is 5.50. The van der Waals surface area contributed by atoms with E-state index >= 15 is 0 Å². The Kier molecular flexibility index (Phi) is 11.5. The molecule has 29 heavy (non-hydrogen) atoms. The average molecular weight is 418 g/mol. The molecule has 0 aromatic heterocycles. The van der Waals surface area contributed by atoms with E-state index in [1.807, 2.05) is 5.32 Å². The summed E-state index contributed by atoms with van der Waals surface area (Å²) < 4.78 is 0. The van der Waals surface area contributed by atoms with E-state index in [1.165, 1.54) is 6.92 Å². The lowest BCUT2D eigenvalue weighted by atomic mass is 9.97. The summed E-state index contributed by atoms with van der Waals surface area (Å²) >= 11 is 0. The molecule has 0 rings (SSSR count). The molecule has 0 aliphatic rings. The van der Waals surface area contributed by atoms with E-state index < -0.39 is 66.9 Å². The maximum absolute atomic E-state index is 12.7. The van der Waals surface area contributed by atoms with Gasteiger partial charge in [-0.05, 0) is 19.3 Å². The molecule has 12 heteroatoms. The molecule has 0 heterocycles. The number of carboxylic acid groups (broad SMARTS) is 2. The Labute approximate surface area is 168 Å². The maximum atomic E-state index is 12.7. The van der Waals surface area contributed by atoms with Gasteiger partial charge in [-0.25, -0.2) is 4.79 Å². The molecule has 5 unspecified atom stereocenters. The average Bonchev–Trinajstić information content (AvgIpc) is 2.65. The highest BCUT2D eigenvalue weighted by molar-refractivity contribution is 5.94. The van der Waals surface area contributed by atoms with Gasteiger partial charge >= 0.3 is 11.9 Å². The number of hydrogen-bond acceptors (Lipinski definition) is 7. The first-order chi connectivity index (χ1) is 13.4. The van der Waals surface area contributed by atoms with Crippen molar-refractivity contribution in [1.82, 2.24) is 16.0 Å². The van der Waals surface area contributed by atoms with Gasteiger partial charge in [0.2, 0.25) is 17.7 Å². The Hall–Kier alpha value is -2.73. The van der Waals surface area contributed by atoms with Gasteiger partial charge in [0.1, 0.15) is 18.1 Å². The van der Waals surface area contributed by atoms with Crippen LogP contribution in [-0.4, -0.2) is 75.8 Å². The number of aliphatic hydroxyl groups is 1. The van der Waals surface area contributed by atoms with Gasteiger partial charge in [-0.2, -0.15) is 0 Å². The predicted octanol–water partition coefficient (Wildman–Crippen LogP) is -2.22. The minimum Gasteiger partial charge on any atom is -0.481 e. The van der Waals surface area contributed by atoms with Crippen LogP contribution in [0, 0.1) is 5.92 Å². The number of hydrogen-bond donors (Lipinski definition) is 7. The zero-order valence-electron chi connectivity index (χ0n) is 16.7. The summed E-state index contributed by atoms with van der Waals surface area (Å²) in [5.74, 6) is -5.34. The normalized spacial score (nSPS) is 15.9. The third-order valence-corrected chi connectivity index (χ3v) is 4.28. The van der Waals surface area contributed by atoms with Crippen LogP contribution in [0.2, 0.25) is 0 Å². The number of nitrogens with one attached hydrogen (secondary N) is 3. The van der Waals surface area contributed by atoms with E-state index in [-0.39, 0.29) is 12.3 Å². The van der Waals surface area contributed by atoms with Crippen LogP contribution in [0.15, 0.2) is 0 Å². The fourth-order valence-electron chi connectivity index (χ4n) is 2.24. The van der Waals surface area contributed by atoms with E-state index in [9.17, 15) is 24.0 Å². The monoisotopic (exact) mass is 418 g/mol. The van der Waals surface area contributed by atoms with Gasteiger partial charge in [-0.15, -0.1) is 0 Å². The van der Waals surface area contributed by atoms with Crippen molar-refractivity contribution in [1.29, 1.82) is 0 Å². The van der Waals surface area contributed by atoms with Crippen LogP contribution >= 0.6 is 0 Å². The smallest absolute Gasteiger partial charge is 0.328 e. The number of carboxylic acids is 2. The van der Waals surface area contributed by atoms with Gasteiger partial charge in [-0.3, -0.25) is 19.2 Å². The zero-order chi connectivity index (χ0) is 22.7. The highest BCUT2D eigenvalue weighted by Crippen LogP contribution is 2.10. The van der Waals surface area contributed by atoms with Gasteiger partial charge in [0.25, 0.3) is 0 Å².